The van der Waals surface area contributed by atoms with Gasteiger partial charge in [0.05, 0.1) is 5.75 Å². The van der Waals surface area contributed by atoms with Gasteiger partial charge in [0.1, 0.15) is 11.6 Å². The van der Waals surface area contributed by atoms with E-state index in [0.717, 1.165) is 28.7 Å². The highest BCUT2D eigenvalue weighted by atomic mass is 32.2. The molecule has 0 radical (unpaired) electrons. The van der Waals surface area contributed by atoms with Crippen LogP contribution in [0.25, 0.3) is 0 Å². The first-order valence-electron chi connectivity index (χ1n) is 7.04. The van der Waals surface area contributed by atoms with Crippen LogP contribution in [-0.4, -0.2) is 9.97 Å². The number of nitrogens with zero attached hydrogens (tertiary/aromatic N) is 2. The minimum atomic E-state index is 0.342. The molecule has 0 saturated heterocycles. The van der Waals surface area contributed by atoms with Gasteiger partial charge in [-0.1, -0.05) is 31.5 Å². The molecule has 5 heteroatoms. The molecule has 0 bridgehead atoms. The van der Waals surface area contributed by atoms with Crippen molar-refractivity contribution in [1.29, 1.82) is 0 Å². The summed E-state index contributed by atoms with van der Waals surface area (Å²) in [6.45, 7) is 8.35. The van der Waals surface area contributed by atoms with E-state index >= 15 is 0 Å². The van der Waals surface area contributed by atoms with E-state index in [1.165, 1.54) is 10.5 Å². The number of hydrogen-bond donors (Lipinski definition) is 2. The summed E-state index contributed by atoms with van der Waals surface area (Å²) in [5.74, 6) is 8.22. The summed E-state index contributed by atoms with van der Waals surface area (Å²) >= 11 is 1.74. The molecule has 2 aromatic rings. The third-order valence-corrected chi connectivity index (χ3v) is 4.24. The topological polar surface area (TPSA) is 63.8 Å². The van der Waals surface area contributed by atoms with Gasteiger partial charge in [-0.15, -0.1) is 11.8 Å². The van der Waals surface area contributed by atoms with Gasteiger partial charge >= 0.3 is 0 Å². The van der Waals surface area contributed by atoms with Crippen molar-refractivity contribution in [3.05, 3.63) is 46.9 Å². The zero-order valence-corrected chi connectivity index (χ0v) is 13.8. The Labute approximate surface area is 130 Å². The van der Waals surface area contributed by atoms with Crippen LogP contribution in [-0.2, 0) is 5.75 Å². The molecule has 0 unspecified atom stereocenters. The third kappa shape index (κ3) is 3.95. The number of anilines is 1. The molecule has 21 heavy (non-hydrogen) atoms. The van der Waals surface area contributed by atoms with Crippen molar-refractivity contribution in [3.8, 4) is 0 Å². The number of hydrogen-bond acceptors (Lipinski definition) is 5. The Hall–Kier alpha value is -1.59. The molecular formula is C16H22N4S. The Morgan fingerprint density at radius 1 is 1.24 bits per heavy atom. The van der Waals surface area contributed by atoms with E-state index < -0.39 is 0 Å². The maximum Gasteiger partial charge on any atom is 0.147 e. The smallest absolute Gasteiger partial charge is 0.147 e. The summed E-state index contributed by atoms with van der Waals surface area (Å²) in [7, 11) is 0. The number of aryl methyl sites for hydroxylation is 2. The second-order valence-corrected chi connectivity index (χ2v) is 6.44. The predicted molar refractivity (Wildman–Crippen MR) is 89.4 cm³/mol. The fourth-order valence-electron chi connectivity index (χ4n) is 2.36. The molecule has 1 aromatic heterocycles. The quantitative estimate of drug-likeness (QED) is 0.500. The van der Waals surface area contributed by atoms with Crippen LogP contribution in [0.1, 0.15) is 42.4 Å². The first-order valence-corrected chi connectivity index (χ1v) is 8.03. The van der Waals surface area contributed by atoms with E-state index in [2.05, 4.69) is 60.4 Å². The van der Waals surface area contributed by atoms with E-state index in [1.54, 1.807) is 11.8 Å². The molecule has 0 saturated carbocycles. The molecule has 1 heterocycles. The normalized spacial score (nSPS) is 11.0. The Bertz CT molecular complexity index is 626. The second kappa shape index (κ2) is 6.91. The minimum Gasteiger partial charge on any atom is -0.308 e. The van der Waals surface area contributed by atoms with Crippen molar-refractivity contribution >= 4 is 17.6 Å². The summed E-state index contributed by atoms with van der Waals surface area (Å²) in [6, 6.07) is 8.44. The summed E-state index contributed by atoms with van der Waals surface area (Å²) in [4.78, 5) is 10.4. The molecule has 4 nitrogen and oxygen atoms in total. The van der Waals surface area contributed by atoms with Gasteiger partial charge in [0.25, 0.3) is 0 Å². The molecule has 0 spiro atoms. The van der Waals surface area contributed by atoms with Gasteiger partial charge in [0, 0.05) is 16.2 Å². The van der Waals surface area contributed by atoms with Gasteiger partial charge in [-0.25, -0.2) is 15.8 Å². The molecule has 112 valence electrons. The van der Waals surface area contributed by atoms with Gasteiger partial charge in [0.15, 0.2) is 0 Å². The number of hydrazine groups is 1. The van der Waals surface area contributed by atoms with Crippen molar-refractivity contribution in [1.82, 2.24) is 9.97 Å². The van der Waals surface area contributed by atoms with Crippen molar-refractivity contribution in [2.24, 2.45) is 5.84 Å². The van der Waals surface area contributed by atoms with E-state index in [4.69, 9.17) is 5.84 Å². The molecule has 2 rings (SSSR count). The summed E-state index contributed by atoms with van der Waals surface area (Å²) in [6.07, 6.45) is 0. The lowest BCUT2D eigenvalue weighted by atomic mass is 10.0. The van der Waals surface area contributed by atoms with Crippen LogP contribution in [0.4, 0.5) is 5.82 Å². The van der Waals surface area contributed by atoms with Crippen LogP contribution in [0.5, 0.6) is 0 Å². The fourth-order valence-corrected chi connectivity index (χ4v) is 3.23. The second-order valence-electron chi connectivity index (χ2n) is 5.39. The Morgan fingerprint density at radius 3 is 2.62 bits per heavy atom. The molecule has 1 aromatic carbocycles. The molecule has 0 aliphatic carbocycles. The molecular weight excluding hydrogens is 280 g/mol. The van der Waals surface area contributed by atoms with Crippen molar-refractivity contribution in [2.45, 2.75) is 44.3 Å². The maximum absolute atomic E-state index is 5.61. The highest BCUT2D eigenvalue weighted by Crippen LogP contribution is 2.27. The number of nitrogens with two attached hydrogens (primary N) is 1. The van der Waals surface area contributed by atoms with Crippen molar-refractivity contribution in [3.63, 3.8) is 0 Å². The van der Waals surface area contributed by atoms with Crippen LogP contribution in [0, 0.1) is 13.8 Å². The van der Waals surface area contributed by atoms with Crippen LogP contribution in [0.3, 0.4) is 0 Å². The summed E-state index contributed by atoms with van der Waals surface area (Å²) in [5, 5.41) is 0. The van der Waals surface area contributed by atoms with Crippen LogP contribution in [0.15, 0.2) is 29.2 Å². The first-order chi connectivity index (χ1) is 10.0. The number of nitrogens with one attached hydrogen (secondary N) is 1. The van der Waals surface area contributed by atoms with Crippen LogP contribution in [0.2, 0.25) is 0 Å². The minimum absolute atomic E-state index is 0.342. The van der Waals surface area contributed by atoms with Crippen LogP contribution >= 0.6 is 11.8 Å². The molecule has 0 aliphatic rings. The van der Waals surface area contributed by atoms with Crippen molar-refractivity contribution < 1.29 is 0 Å². The monoisotopic (exact) mass is 302 g/mol. The number of benzene rings is 1. The lowest BCUT2D eigenvalue weighted by Crippen LogP contribution is -2.15. The highest BCUT2D eigenvalue weighted by molar-refractivity contribution is 7.98. The zero-order chi connectivity index (χ0) is 15.4. The maximum atomic E-state index is 5.61. The fraction of sp³-hybridized carbons (Fsp3) is 0.375. The van der Waals surface area contributed by atoms with E-state index in [-0.39, 0.29) is 0 Å². The van der Waals surface area contributed by atoms with Gasteiger partial charge in [0.2, 0.25) is 0 Å². The zero-order valence-electron chi connectivity index (χ0n) is 13.0. The number of nitrogen functional groups attached to an aromatic ring is 1. The lowest BCUT2D eigenvalue weighted by molar-refractivity contribution is 0.818. The molecule has 0 atom stereocenters. The van der Waals surface area contributed by atoms with Crippen LogP contribution < -0.4 is 11.3 Å². The summed E-state index contributed by atoms with van der Waals surface area (Å²) in [5.41, 5.74) is 6.04. The standard InChI is InChI=1S/C16H22N4S/c1-10(2)15-12(4)18-14(19-16(15)20-17)9-21-13-7-5-6-11(3)8-13/h5-8,10H,9,17H2,1-4H3,(H,18,19,20). The SMILES string of the molecule is Cc1cccc(SCc2nc(C)c(C(C)C)c(NN)n2)c1. The lowest BCUT2D eigenvalue weighted by Gasteiger charge is -2.15. The third-order valence-electron chi connectivity index (χ3n) is 3.25. The number of aromatic nitrogens is 2. The average molecular weight is 302 g/mol. The van der Waals surface area contributed by atoms with Gasteiger partial charge in [-0.2, -0.15) is 0 Å². The van der Waals surface area contributed by atoms with Crippen molar-refractivity contribution in [2.75, 3.05) is 5.43 Å². The molecule has 3 N–H and O–H groups in total. The van der Waals surface area contributed by atoms with E-state index in [0.29, 0.717) is 5.92 Å². The average Bonchev–Trinajstić information content (AvgIpc) is 2.44. The summed E-state index contributed by atoms with van der Waals surface area (Å²) < 4.78 is 0. The van der Waals surface area contributed by atoms with E-state index in [1.807, 2.05) is 6.92 Å². The molecule has 0 fully saturated rings. The Balaban J connectivity index is 2.19. The van der Waals surface area contributed by atoms with Gasteiger partial charge in [-0.05, 0) is 31.9 Å². The predicted octanol–water partition coefficient (Wildman–Crippen LogP) is 3.79. The number of thioether (sulfide) groups is 1. The molecule has 0 aliphatic heterocycles. The Kier molecular flexibility index (Phi) is 5.20. The number of rotatable bonds is 5. The molecule has 0 amide bonds. The van der Waals surface area contributed by atoms with Gasteiger partial charge < -0.3 is 5.43 Å². The Morgan fingerprint density at radius 2 is 2.00 bits per heavy atom. The largest absolute Gasteiger partial charge is 0.308 e. The van der Waals surface area contributed by atoms with E-state index in [9.17, 15) is 0 Å². The first kappa shape index (κ1) is 15.8. The highest BCUT2D eigenvalue weighted by Gasteiger charge is 2.14. The van der Waals surface area contributed by atoms with Gasteiger partial charge in [-0.3, -0.25) is 0 Å².